The molecule has 0 bridgehead atoms. The molecule has 1 nitrogen and oxygen atoms in total. The minimum absolute atomic E-state index is 0.592. The van der Waals surface area contributed by atoms with Crippen LogP contribution in [-0.2, 0) is 0 Å². The molecule has 1 rings (SSSR count). The van der Waals surface area contributed by atoms with E-state index in [9.17, 15) is 0 Å². The Kier molecular flexibility index (Phi) is 5.45. The van der Waals surface area contributed by atoms with E-state index in [2.05, 4.69) is 6.07 Å². The Morgan fingerprint density at radius 3 is 2.69 bits per heavy atom. The van der Waals surface area contributed by atoms with Gasteiger partial charge in [-0.25, -0.2) is 0 Å². The molecule has 0 aliphatic heterocycles. The zero-order valence-electron chi connectivity index (χ0n) is 9.46. The molecule has 0 unspecified atom stereocenters. The summed E-state index contributed by atoms with van der Waals surface area (Å²) in [6, 6.07) is 10.1. The van der Waals surface area contributed by atoms with E-state index in [0.29, 0.717) is 10.6 Å². The number of hydrogen-bond acceptors (Lipinski definition) is 2. The predicted molar refractivity (Wildman–Crippen MR) is 71.5 cm³/mol. The molecule has 0 aliphatic carbocycles. The maximum atomic E-state index is 9.05. The van der Waals surface area contributed by atoms with Gasteiger partial charge in [0.25, 0.3) is 0 Å². The highest BCUT2D eigenvalue weighted by Crippen LogP contribution is 2.32. The smallest absolute Gasteiger partial charge is 0.0962 e. The van der Waals surface area contributed by atoms with E-state index >= 15 is 0 Å². The molecule has 0 aromatic heterocycles. The van der Waals surface area contributed by atoms with Crippen LogP contribution in [0.25, 0.3) is 5.03 Å². The lowest BCUT2D eigenvalue weighted by Gasteiger charge is -2.07. The quantitative estimate of drug-likeness (QED) is 0.573. The first kappa shape index (κ1) is 13.2. The van der Waals surface area contributed by atoms with Crippen molar-refractivity contribution < 1.29 is 0 Å². The standard InChI is InChI=1S/C13H14ClNS/c1-3-6-10(9-15)13(14)11-7-4-5-8-12(11)16-2/h4-5,7-8H,3,6H2,1-2H3. The molecule has 0 N–H and O–H groups in total. The summed E-state index contributed by atoms with van der Waals surface area (Å²) in [5, 5.41) is 9.65. The molecule has 0 radical (unpaired) electrons. The summed E-state index contributed by atoms with van der Waals surface area (Å²) in [7, 11) is 0. The van der Waals surface area contributed by atoms with Crippen LogP contribution in [0.1, 0.15) is 25.3 Å². The number of benzene rings is 1. The van der Waals surface area contributed by atoms with E-state index in [0.717, 1.165) is 23.3 Å². The first-order valence-electron chi connectivity index (χ1n) is 5.16. The lowest BCUT2D eigenvalue weighted by Crippen LogP contribution is -1.87. The van der Waals surface area contributed by atoms with Gasteiger partial charge in [-0.05, 0) is 18.7 Å². The Labute approximate surface area is 106 Å². The lowest BCUT2D eigenvalue weighted by molar-refractivity contribution is 0.932. The van der Waals surface area contributed by atoms with E-state index in [-0.39, 0.29) is 0 Å². The second kappa shape index (κ2) is 6.62. The van der Waals surface area contributed by atoms with Crippen molar-refractivity contribution in [3.63, 3.8) is 0 Å². The third kappa shape index (κ3) is 3.04. The van der Waals surface area contributed by atoms with Crippen LogP contribution in [0.15, 0.2) is 34.7 Å². The molecule has 0 atom stereocenters. The molecule has 1 aromatic rings. The number of nitrogens with zero attached hydrogens (tertiary/aromatic N) is 1. The van der Waals surface area contributed by atoms with Crippen LogP contribution in [0.4, 0.5) is 0 Å². The summed E-state index contributed by atoms with van der Waals surface area (Å²) in [6.45, 7) is 2.04. The first-order valence-corrected chi connectivity index (χ1v) is 6.77. The number of halogens is 1. The highest BCUT2D eigenvalue weighted by Gasteiger charge is 2.09. The number of rotatable bonds is 4. The third-order valence-electron chi connectivity index (χ3n) is 2.24. The molecule has 3 heteroatoms. The van der Waals surface area contributed by atoms with Crippen LogP contribution in [0.2, 0.25) is 0 Å². The summed E-state index contributed by atoms with van der Waals surface area (Å²) < 4.78 is 0. The fourth-order valence-electron chi connectivity index (χ4n) is 1.45. The van der Waals surface area contributed by atoms with Gasteiger partial charge in [0.15, 0.2) is 0 Å². The van der Waals surface area contributed by atoms with Gasteiger partial charge in [-0.1, -0.05) is 43.1 Å². The van der Waals surface area contributed by atoms with Crippen molar-refractivity contribution in [2.45, 2.75) is 24.7 Å². The van der Waals surface area contributed by atoms with Crippen LogP contribution >= 0.6 is 23.4 Å². The molecule has 84 valence electrons. The van der Waals surface area contributed by atoms with Gasteiger partial charge >= 0.3 is 0 Å². The normalized spacial score (nSPS) is 11.9. The van der Waals surface area contributed by atoms with E-state index in [1.165, 1.54) is 0 Å². The SMILES string of the molecule is CCCC(C#N)=C(Cl)c1ccccc1SC. The van der Waals surface area contributed by atoms with Crippen LogP contribution in [0.5, 0.6) is 0 Å². The van der Waals surface area contributed by atoms with Crippen molar-refractivity contribution in [2.24, 2.45) is 0 Å². The zero-order chi connectivity index (χ0) is 12.0. The highest BCUT2D eigenvalue weighted by atomic mass is 35.5. The van der Waals surface area contributed by atoms with Crippen molar-refractivity contribution in [1.29, 1.82) is 5.26 Å². The van der Waals surface area contributed by atoms with Crippen LogP contribution in [-0.4, -0.2) is 6.26 Å². The van der Waals surface area contributed by atoms with E-state index in [1.807, 2.05) is 37.4 Å². The number of nitriles is 1. The maximum absolute atomic E-state index is 9.05. The van der Waals surface area contributed by atoms with Gasteiger partial charge in [0.1, 0.15) is 0 Å². The van der Waals surface area contributed by atoms with Gasteiger partial charge in [-0.3, -0.25) is 0 Å². The van der Waals surface area contributed by atoms with Crippen LogP contribution in [0.3, 0.4) is 0 Å². The van der Waals surface area contributed by atoms with Gasteiger partial charge in [-0.2, -0.15) is 5.26 Å². The molecule has 1 aromatic carbocycles. The van der Waals surface area contributed by atoms with Gasteiger partial charge in [0.2, 0.25) is 0 Å². The Balaban J connectivity index is 3.21. The fourth-order valence-corrected chi connectivity index (χ4v) is 2.42. The van der Waals surface area contributed by atoms with Crippen molar-refractivity contribution in [2.75, 3.05) is 6.26 Å². The summed E-state index contributed by atoms with van der Waals surface area (Å²) in [5.74, 6) is 0. The van der Waals surface area contributed by atoms with E-state index in [1.54, 1.807) is 11.8 Å². The Morgan fingerprint density at radius 1 is 1.44 bits per heavy atom. The average molecular weight is 252 g/mol. The van der Waals surface area contributed by atoms with E-state index in [4.69, 9.17) is 16.9 Å². The highest BCUT2D eigenvalue weighted by molar-refractivity contribution is 7.98. The molecular formula is C13H14ClNS. The van der Waals surface area contributed by atoms with Gasteiger partial charge in [0, 0.05) is 16.0 Å². The second-order valence-electron chi connectivity index (χ2n) is 3.35. The molecule has 0 fully saturated rings. The molecule has 0 spiro atoms. The topological polar surface area (TPSA) is 23.8 Å². The van der Waals surface area contributed by atoms with Crippen molar-refractivity contribution in [1.82, 2.24) is 0 Å². The molecule has 0 aliphatic rings. The molecule has 0 heterocycles. The summed E-state index contributed by atoms with van der Waals surface area (Å²) in [4.78, 5) is 1.11. The molecule has 0 saturated heterocycles. The number of hydrogen-bond donors (Lipinski definition) is 0. The summed E-state index contributed by atoms with van der Waals surface area (Å²) in [6.07, 6.45) is 3.67. The maximum Gasteiger partial charge on any atom is 0.0962 e. The second-order valence-corrected chi connectivity index (χ2v) is 4.58. The van der Waals surface area contributed by atoms with Crippen LogP contribution in [0, 0.1) is 11.3 Å². The van der Waals surface area contributed by atoms with Crippen molar-refractivity contribution in [3.8, 4) is 6.07 Å². The van der Waals surface area contributed by atoms with Gasteiger partial charge in [-0.15, -0.1) is 11.8 Å². The average Bonchev–Trinajstić information content (AvgIpc) is 2.35. The Bertz CT molecular complexity index is 432. The van der Waals surface area contributed by atoms with Crippen molar-refractivity contribution >= 4 is 28.4 Å². The first-order chi connectivity index (χ1) is 7.74. The third-order valence-corrected chi connectivity index (χ3v) is 3.47. The minimum Gasteiger partial charge on any atom is -0.193 e. The minimum atomic E-state index is 0.592. The summed E-state index contributed by atoms with van der Waals surface area (Å²) in [5.41, 5.74) is 1.63. The number of thioether (sulfide) groups is 1. The Hall–Kier alpha value is -0.910. The van der Waals surface area contributed by atoms with Crippen LogP contribution < -0.4 is 0 Å². The van der Waals surface area contributed by atoms with Gasteiger partial charge in [0.05, 0.1) is 11.1 Å². The van der Waals surface area contributed by atoms with Crippen molar-refractivity contribution in [3.05, 3.63) is 35.4 Å². The van der Waals surface area contributed by atoms with Gasteiger partial charge < -0.3 is 0 Å². The molecular weight excluding hydrogens is 238 g/mol. The largest absolute Gasteiger partial charge is 0.193 e. The fraction of sp³-hybridized carbons (Fsp3) is 0.308. The lowest BCUT2D eigenvalue weighted by atomic mass is 10.1. The molecule has 0 amide bonds. The predicted octanol–water partition coefficient (Wildman–Crippen LogP) is 4.68. The summed E-state index contributed by atoms with van der Waals surface area (Å²) >= 11 is 7.92. The monoisotopic (exact) mass is 251 g/mol. The van der Waals surface area contributed by atoms with E-state index < -0.39 is 0 Å². The molecule has 0 saturated carbocycles. The molecule has 16 heavy (non-hydrogen) atoms. The number of allylic oxidation sites excluding steroid dienone is 1. The Morgan fingerprint density at radius 2 is 2.12 bits per heavy atom. The zero-order valence-corrected chi connectivity index (χ0v) is 11.0.